The molecule has 29 heavy (non-hydrogen) atoms. The van der Waals surface area contributed by atoms with Gasteiger partial charge in [-0.1, -0.05) is 18.2 Å². The highest BCUT2D eigenvalue weighted by molar-refractivity contribution is 5.54. The molecule has 1 fully saturated rings. The number of aryl methyl sites for hydroxylation is 2. The predicted octanol–water partition coefficient (Wildman–Crippen LogP) is 4.58. The van der Waals surface area contributed by atoms with Crippen molar-refractivity contribution in [2.75, 3.05) is 19.0 Å². The molecule has 3 aromatic rings. The van der Waals surface area contributed by atoms with E-state index in [0.29, 0.717) is 0 Å². The van der Waals surface area contributed by atoms with Crippen molar-refractivity contribution < 1.29 is 4.74 Å². The molecule has 6 nitrogen and oxygen atoms in total. The monoisotopic (exact) mass is 389 g/mol. The molecule has 1 saturated heterocycles. The van der Waals surface area contributed by atoms with Crippen LogP contribution in [0, 0.1) is 13.8 Å². The van der Waals surface area contributed by atoms with Crippen molar-refractivity contribution in [3.05, 3.63) is 71.3 Å². The number of nitrogens with zero attached hydrogens (tertiary/aromatic N) is 4. The maximum absolute atomic E-state index is 5.60. The summed E-state index contributed by atoms with van der Waals surface area (Å²) >= 11 is 0. The van der Waals surface area contributed by atoms with Crippen molar-refractivity contribution in [2.45, 2.75) is 39.3 Å². The molecule has 0 amide bonds. The van der Waals surface area contributed by atoms with Gasteiger partial charge in [0.05, 0.1) is 31.2 Å². The zero-order valence-electron chi connectivity index (χ0n) is 17.2. The number of anilines is 2. The van der Waals surface area contributed by atoms with Gasteiger partial charge in [-0.25, -0.2) is 9.97 Å². The number of rotatable bonds is 6. The second-order valence-corrected chi connectivity index (χ2v) is 7.57. The van der Waals surface area contributed by atoms with Crippen LogP contribution in [-0.4, -0.2) is 33.5 Å². The zero-order valence-corrected chi connectivity index (χ0v) is 17.2. The lowest BCUT2D eigenvalue weighted by atomic mass is 10.1. The van der Waals surface area contributed by atoms with Crippen LogP contribution in [0.2, 0.25) is 0 Å². The fourth-order valence-electron chi connectivity index (χ4n) is 3.89. The van der Waals surface area contributed by atoms with Crippen LogP contribution in [0.25, 0.3) is 0 Å². The number of nitrogens with one attached hydrogen (secondary N) is 1. The van der Waals surface area contributed by atoms with Crippen molar-refractivity contribution in [3.8, 4) is 5.75 Å². The molecule has 0 spiro atoms. The molecule has 1 N–H and O–H groups in total. The molecule has 1 atom stereocenters. The maximum Gasteiger partial charge on any atom is 0.150 e. The highest BCUT2D eigenvalue weighted by Gasteiger charge is 2.28. The maximum atomic E-state index is 5.60. The van der Waals surface area contributed by atoms with Gasteiger partial charge in [0.25, 0.3) is 0 Å². The van der Waals surface area contributed by atoms with Crippen LogP contribution in [0.1, 0.15) is 41.3 Å². The number of hydrogen-bond donors (Lipinski definition) is 1. The average Bonchev–Trinajstić information content (AvgIpc) is 3.19. The Morgan fingerprint density at radius 1 is 1.21 bits per heavy atom. The summed E-state index contributed by atoms with van der Waals surface area (Å²) < 4.78 is 5.60. The first-order valence-electron chi connectivity index (χ1n) is 10.0. The van der Waals surface area contributed by atoms with Gasteiger partial charge in [-0.2, -0.15) is 0 Å². The van der Waals surface area contributed by atoms with E-state index in [2.05, 4.69) is 45.3 Å². The van der Waals surface area contributed by atoms with E-state index in [1.165, 1.54) is 11.1 Å². The average molecular weight is 390 g/mol. The van der Waals surface area contributed by atoms with E-state index in [0.717, 1.165) is 54.6 Å². The van der Waals surface area contributed by atoms with Crippen molar-refractivity contribution in [1.29, 1.82) is 0 Å². The number of aromatic nitrogens is 3. The molecular weight excluding hydrogens is 362 g/mol. The Kier molecular flexibility index (Phi) is 5.71. The third-order valence-electron chi connectivity index (χ3n) is 5.43. The van der Waals surface area contributed by atoms with Gasteiger partial charge in [-0.05, 0) is 56.5 Å². The van der Waals surface area contributed by atoms with E-state index in [1.54, 1.807) is 19.5 Å². The lowest BCUT2D eigenvalue weighted by Crippen LogP contribution is -2.24. The van der Waals surface area contributed by atoms with Gasteiger partial charge in [0.2, 0.25) is 0 Å². The first-order valence-corrected chi connectivity index (χ1v) is 10.0. The zero-order chi connectivity index (χ0) is 20.2. The van der Waals surface area contributed by atoms with Crippen LogP contribution in [0.15, 0.2) is 48.9 Å². The Hall–Kier alpha value is -2.99. The minimum atomic E-state index is 0.250. The van der Waals surface area contributed by atoms with E-state index in [4.69, 9.17) is 9.72 Å². The van der Waals surface area contributed by atoms with Gasteiger partial charge in [0.1, 0.15) is 17.4 Å². The van der Waals surface area contributed by atoms with E-state index in [1.807, 2.05) is 25.3 Å². The Morgan fingerprint density at radius 3 is 2.93 bits per heavy atom. The molecule has 0 aliphatic carbocycles. The van der Waals surface area contributed by atoms with Crippen LogP contribution in [0.3, 0.4) is 0 Å². The van der Waals surface area contributed by atoms with Gasteiger partial charge in [-0.15, -0.1) is 0 Å². The number of ether oxygens (including phenoxy) is 1. The first-order chi connectivity index (χ1) is 14.1. The first kappa shape index (κ1) is 19.3. The second-order valence-electron chi connectivity index (χ2n) is 7.57. The fraction of sp³-hybridized carbons (Fsp3) is 0.348. The van der Waals surface area contributed by atoms with E-state index in [-0.39, 0.29) is 6.04 Å². The molecular formula is C23H27N5O. The van der Waals surface area contributed by atoms with Crippen LogP contribution >= 0.6 is 0 Å². The Balaban J connectivity index is 1.54. The van der Waals surface area contributed by atoms with Crippen molar-refractivity contribution >= 4 is 11.6 Å². The van der Waals surface area contributed by atoms with Gasteiger partial charge in [0, 0.05) is 18.3 Å². The summed E-state index contributed by atoms with van der Waals surface area (Å²) in [5.41, 5.74) is 4.48. The van der Waals surface area contributed by atoms with E-state index >= 15 is 0 Å². The number of benzene rings is 1. The summed E-state index contributed by atoms with van der Waals surface area (Å²) in [6, 6.07) is 10.6. The molecule has 1 aliphatic heterocycles. The normalized spacial score (nSPS) is 16.7. The van der Waals surface area contributed by atoms with Crippen molar-refractivity contribution in [2.24, 2.45) is 0 Å². The lowest BCUT2D eigenvalue weighted by Gasteiger charge is -2.25. The Morgan fingerprint density at radius 2 is 2.10 bits per heavy atom. The Bertz CT molecular complexity index is 991. The molecule has 6 heteroatoms. The molecule has 2 aromatic heterocycles. The van der Waals surface area contributed by atoms with Crippen LogP contribution in [0.5, 0.6) is 5.75 Å². The number of pyridine rings is 1. The summed E-state index contributed by atoms with van der Waals surface area (Å²) in [6.07, 6.45) is 7.64. The van der Waals surface area contributed by atoms with Gasteiger partial charge in [-0.3, -0.25) is 9.88 Å². The van der Waals surface area contributed by atoms with Crippen LogP contribution < -0.4 is 10.1 Å². The summed E-state index contributed by atoms with van der Waals surface area (Å²) in [5, 5.41) is 3.30. The highest BCUT2D eigenvalue weighted by atomic mass is 16.5. The molecule has 0 radical (unpaired) electrons. The minimum absolute atomic E-state index is 0.250. The number of likely N-dealkylation sites (tertiary alicyclic amines) is 1. The molecule has 1 aliphatic rings. The summed E-state index contributed by atoms with van der Waals surface area (Å²) in [6.45, 7) is 6.00. The SMILES string of the molecule is COc1cc(C)ccc1CN1CCCC1c1cncc(Nc2ncccc2C)n1. The fourth-order valence-corrected chi connectivity index (χ4v) is 3.89. The smallest absolute Gasteiger partial charge is 0.150 e. The molecule has 1 unspecified atom stereocenters. The van der Waals surface area contributed by atoms with Crippen LogP contribution in [-0.2, 0) is 6.54 Å². The van der Waals surface area contributed by atoms with Crippen LogP contribution in [0.4, 0.5) is 11.6 Å². The summed E-state index contributed by atoms with van der Waals surface area (Å²) in [7, 11) is 1.74. The third-order valence-corrected chi connectivity index (χ3v) is 5.43. The van der Waals surface area contributed by atoms with Gasteiger partial charge in [0.15, 0.2) is 0 Å². The number of methoxy groups -OCH3 is 1. The molecule has 4 rings (SSSR count). The third kappa shape index (κ3) is 4.38. The molecule has 0 bridgehead atoms. The van der Waals surface area contributed by atoms with Gasteiger partial charge < -0.3 is 10.1 Å². The topological polar surface area (TPSA) is 63.2 Å². The summed E-state index contributed by atoms with van der Waals surface area (Å²) in [4.78, 5) is 16.2. The standard InChI is InChI=1S/C23H27N5O/c1-16-8-9-18(21(12-16)29-3)15-28-11-5-7-20(28)19-13-24-14-22(26-19)27-23-17(2)6-4-10-25-23/h4,6,8-10,12-14,20H,5,7,11,15H2,1-3H3,(H,25,26,27). The quantitative estimate of drug-likeness (QED) is 0.666. The molecule has 1 aromatic carbocycles. The predicted molar refractivity (Wildman–Crippen MR) is 114 cm³/mol. The van der Waals surface area contributed by atoms with Gasteiger partial charge >= 0.3 is 0 Å². The van der Waals surface area contributed by atoms with Crippen molar-refractivity contribution in [3.63, 3.8) is 0 Å². The van der Waals surface area contributed by atoms with Crippen molar-refractivity contribution in [1.82, 2.24) is 19.9 Å². The molecule has 3 heterocycles. The summed E-state index contributed by atoms with van der Waals surface area (Å²) in [5.74, 6) is 2.48. The van der Waals surface area contributed by atoms with E-state index in [9.17, 15) is 0 Å². The lowest BCUT2D eigenvalue weighted by molar-refractivity contribution is 0.240. The molecule has 0 saturated carbocycles. The number of hydrogen-bond acceptors (Lipinski definition) is 6. The second kappa shape index (κ2) is 8.57. The molecule has 150 valence electrons. The van der Waals surface area contributed by atoms with E-state index < -0.39 is 0 Å². The minimum Gasteiger partial charge on any atom is -0.496 e. The Labute approximate surface area is 172 Å². The highest BCUT2D eigenvalue weighted by Crippen LogP contribution is 2.34. The largest absolute Gasteiger partial charge is 0.496 e.